The molecule has 0 saturated heterocycles. The summed E-state index contributed by atoms with van der Waals surface area (Å²) in [4.78, 5) is 0. The van der Waals surface area contributed by atoms with Crippen LogP contribution in [0.25, 0.3) is 0 Å². The van der Waals surface area contributed by atoms with Gasteiger partial charge in [0.15, 0.2) is 0 Å². The Labute approximate surface area is 69.4 Å². The molecule has 0 atom stereocenters. The van der Waals surface area contributed by atoms with Crippen LogP contribution in [0.3, 0.4) is 0 Å². The van der Waals surface area contributed by atoms with Crippen LogP contribution in [-0.2, 0) is 6.42 Å². The summed E-state index contributed by atoms with van der Waals surface area (Å²) in [6.45, 7) is 0. The van der Waals surface area contributed by atoms with Gasteiger partial charge in [0.1, 0.15) is 7.85 Å². The van der Waals surface area contributed by atoms with Gasteiger partial charge in [-0.1, -0.05) is 36.4 Å². The molecule has 1 aromatic rings. The largest absolute Gasteiger partial charge is 0.135 e. The van der Waals surface area contributed by atoms with Crippen LogP contribution in [0.1, 0.15) is 12.0 Å². The van der Waals surface area contributed by atoms with Gasteiger partial charge in [-0.3, -0.25) is 0 Å². The van der Waals surface area contributed by atoms with Gasteiger partial charge in [0, 0.05) is 0 Å². The van der Waals surface area contributed by atoms with Gasteiger partial charge < -0.3 is 0 Å². The Kier molecular flexibility index (Phi) is 3.53. The molecule has 0 nitrogen and oxygen atoms in total. The van der Waals surface area contributed by atoms with E-state index in [0.717, 1.165) is 12.8 Å². The molecule has 1 aromatic carbocycles. The van der Waals surface area contributed by atoms with Crippen LogP contribution >= 0.6 is 0 Å². The first-order valence-corrected chi connectivity index (χ1v) is 3.84. The maximum atomic E-state index is 5.21. The highest BCUT2D eigenvalue weighted by molar-refractivity contribution is 6.16. The molecule has 0 amide bonds. The smallest absolute Gasteiger partial charge is 0.102 e. The van der Waals surface area contributed by atoms with Gasteiger partial charge in [0.05, 0.1) is 0 Å². The number of rotatable bonds is 3. The van der Waals surface area contributed by atoms with Crippen molar-refractivity contribution in [2.45, 2.75) is 12.8 Å². The predicted molar refractivity (Wildman–Crippen MR) is 49.7 cm³/mol. The normalized spacial score (nSPS) is 10.5. The molecule has 0 spiro atoms. The third kappa shape index (κ3) is 3.08. The van der Waals surface area contributed by atoms with Crippen molar-refractivity contribution in [2.75, 3.05) is 0 Å². The lowest BCUT2D eigenvalue weighted by Crippen LogP contribution is -1.80. The van der Waals surface area contributed by atoms with Crippen LogP contribution in [0.4, 0.5) is 0 Å². The lowest BCUT2D eigenvalue weighted by molar-refractivity contribution is 1.00. The fourth-order valence-corrected chi connectivity index (χ4v) is 0.991. The van der Waals surface area contributed by atoms with E-state index in [1.54, 1.807) is 5.98 Å². The van der Waals surface area contributed by atoms with E-state index in [2.05, 4.69) is 24.3 Å². The van der Waals surface area contributed by atoms with Crippen molar-refractivity contribution in [3.63, 3.8) is 0 Å². The summed E-state index contributed by atoms with van der Waals surface area (Å²) in [7, 11) is 5.21. The summed E-state index contributed by atoms with van der Waals surface area (Å²) in [5.41, 5.74) is 1.37. The van der Waals surface area contributed by atoms with Gasteiger partial charge in [-0.15, -0.1) is 5.98 Å². The molecule has 1 heteroatoms. The van der Waals surface area contributed by atoms with E-state index < -0.39 is 0 Å². The van der Waals surface area contributed by atoms with Crippen molar-refractivity contribution < 1.29 is 0 Å². The zero-order valence-electron chi connectivity index (χ0n) is 6.53. The second-order valence-electron chi connectivity index (χ2n) is 2.45. The molecule has 11 heavy (non-hydrogen) atoms. The van der Waals surface area contributed by atoms with Crippen LogP contribution in [0.5, 0.6) is 0 Å². The Morgan fingerprint density at radius 3 is 2.55 bits per heavy atom. The SMILES string of the molecule is [B]/C=C/CCc1ccccc1. The summed E-state index contributed by atoms with van der Waals surface area (Å²) in [5.74, 6) is 1.60. The topological polar surface area (TPSA) is 0 Å². The number of aryl methyl sites for hydroxylation is 1. The minimum atomic E-state index is 1.03. The van der Waals surface area contributed by atoms with Crippen LogP contribution in [0.2, 0.25) is 0 Å². The fraction of sp³-hybridized carbons (Fsp3) is 0.200. The Hall–Kier alpha value is -0.975. The highest BCUT2D eigenvalue weighted by Crippen LogP contribution is 2.01. The number of allylic oxidation sites excluding steroid dienone is 1. The van der Waals surface area contributed by atoms with Crippen molar-refractivity contribution in [3.8, 4) is 0 Å². The van der Waals surface area contributed by atoms with Crippen molar-refractivity contribution in [1.29, 1.82) is 0 Å². The number of hydrogen-bond donors (Lipinski definition) is 0. The van der Waals surface area contributed by atoms with Gasteiger partial charge >= 0.3 is 0 Å². The maximum absolute atomic E-state index is 5.21. The first-order chi connectivity index (χ1) is 5.43. The summed E-state index contributed by atoms with van der Waals surface area (Å²) < 4.78 is 0. The molecule has 2 radical (unpaired) electrons. The molecule has 0 aromatic heterocycles. The Morgan fingerprint density at radius 2 is 1.91 bits per heavy atom. The standard InChI is InChI=1S/C10H11B/c11-9-5-4-8-10-6-2-1-3-7-10/h1-3,5-7,9H,4,8H2/b9-5+. The van der Waals surface area contributed by atoms with Gasteiger partial charge in [0.25, 0.3) is 0 Å². The Morgan fingerprint density at radius 1 is 1.18 bits per heavy atom. The average molecular weight is 142 g/mol. The summed E-state index contributed by atoms with van der Waals surface area (Å²) in [6, 6.07) is 10.4. The third-order valence-corrected chi connectivity index (χ3v) is 1.58. The quantitative estimate of drug-likeness (QED) is 0.568. The molecule has 0 aliphatic heterocycles. The zero-order chi connectivity index (χ0) is 7.94. The van der Waals surface area contributed by atoms with Crippen molar-refractivity contribution >= 4 is 7.85 Å². The molecule has 0 bridgehead atoms. The second-order valence-corrected chi connectivity index (χ2v) is 2.45. The van der Waals surface area contributed by atoms with Gasteiger partial charge in [-0.05, 0) is 18.4 Å². The molecule has 0 N–H and O–H groups in total. The fourth-order valence-electron chi connectivity index (χ4n) is 0.991. The third-order valence-electron chi connectivity index (χ3n) is 1.58. The van der Waals surface area contributed by atoms with E-state index in [0.29, 0.717) is 0 Å². The van der Waals surface area contributed by atoms with E-state index >= 15 is 0 Å². The maximum Gasteiger partial charge on any atom is 0.102 e. The highest BCUT2D eigenvalue weighted by atomic mass is 13.9. The number of benzene rings is 1. The van der Waals surface area contributed by atoms with E-state index in [1.165, 1.54) is 5.56 Å². The molecule has 0 fully saturated rings. The van der Waals surface area contributed by atoms with E-state index in [-0.39, 0.29) is 0 Å². The van der Waals surface area contributed by atoms with Crippen molar-refractivity contribution in [3.05, 3.63) is 47.9 Å². The Balaban J connectivity index is 2.39. The molecule has 0 unspecified atom stereocenters. The summed E-state index contributed by atoms with van der Waals surface area (Å²) in [6.07, 6.45) is 4.09. The minimum absolute atomic E-state index is 1.03. The zero-order valence-corrected chi connectivity index (χ0v) is 6.53. The molecule has 0 aliphatic rings. The van der Waals surface area contributed by atoms with E-state index in [4.69, 9.17) is 7.85 Å². The van der Waals surface area contributed by atoms with Crippen LogP contribution in [0, 0.1) is 0 Å². The monoisotopic (exact) mass is 142 g/mol. The van der Waals surface area contributed by atoms with Crippen LogP contribution < -0.4 is 0 Å². The molecule has 0 saturated carbocycles. The molecule has 54 valence electrons. The highest BCUT2D eigenvalue weighted by Gasteiger charge is 1.86. The molecule has 0 aliphatic carbocycles. The first kappa shape index (κ1) is 8.12. The minimum Gasteiger partial charge on any atom is -0.135 e. The molecular formula is C10H11B. The lowest BCUT2D eigenvalue weighted by Gasteiger charge is -1.95. The van der Waals surface area contributed by atoms with Crippen molar-refractivity contribution in [1.82, 2.24) is 0 Å². The van der Waals surface area contributed by atoms with Gasteiger partial charge in [-0.25, -0.2) is 0 Å². The predicted octanol–water partition coefficient (Wildman–Crippen LogP) is 2.30. The number of hydrogen-bond acceptors (Lipinski definition) is 0. The second kappa shape index (κ2) is 4.78. The lowest BCUT2D eigenvalue weighted by atomic mass is 10.1. The first-order valence-electron chi connectivity index (χ1n) is 3.84. The summed E-state index contributed by atoms with van der Waals surface area (Å²) in [5, 5.41) is 0. The van der Waals surface area contributed by atoms with Crippen LogP contribution in [-0.4, -0.2) is 7.85 Å². The van der Waals surface area contributed by atoms with Gasteiger partial charge in [-0.2, -0.15) is 0 Å². The van der Waals surface area contributed by atoms with Gasteiger partial charge in [0.2, 0.25) is 0 Å². The molecule has 1 rings (SSSR count). The average Bonchev–Trinajstić information content (AvgIpc) is 2.07. The van der Waals surface area contributed by atoms with E-state index in [1.807, 2.05) is 12.1 Å². The Bertz CT molecular complexity index is 214. The van der Waals surface area contributed by atoms with Crippen molar-refractivity contribution in [2.24, 2.45) is 0 Å². The molecule has 0 heterocycles. The van der Waals surface area contributed by atoms with E-state index in [9.17, 15) is 0 Å². The summed E-state index contributed by atoms with van der Waals surface area (Å²) >= 11 is 0. The molecular weight excluding hydrogens is 131 g/mol. The van der Waals surface area contributed by atoms with Crippen LogP contribution in [0.15, 0.2) is 42.4 Å².